The van der Waals surface area contributed by atoms with Crippen LogP contribution in [0.5, 0.6) is 11.5 Å². The fraction of sp³-hybridized carbons (Fsp3) is 0.211. The lowest BCUT2D eigenvalue weighted by molar-refractivity contribution is -0.0431. The van der Waals surface area contributed by atoms with Gasteiger partial charge in [-0.1, -0.05) is 23.9 Å². The zero-order chi connectivity index (χ0) is 18.3. The van der Waals surface area contributed by atoms with Gasteiger partial charge in [-0.2, -0.15) is 0 Å². The van der Waals surface area contributed by atoms with E-state index in [1.807, 2.05) is 19.9 Å². The van der Waals surface area contributed by atoms with E-state index in [9.17, 15) is 9.59 Å². The maximum Gasteiger partial charge on any atom is 0.259 e. The van der Waals surface area contributed by atoms with Gasteiger partial charge < -0.3 is 14.5 Å². The normalized spacial score (nSPS) is 14.5. The van der Waals surface area contributed by atoms with E-state index in [0.717, 1.165) is 0 Å². The lowest BCUT2D eigenvalue weighted by Gasteiger charge is -2.16. The summed E-state index contributed by atoms with van der Waals surface area (Å²) in [7, 11) is 0. The Morgan fingerprint density at radius 3 is 2.77 bits per heavy atom. The molecule has 0 unspecified atom stereocenters. The highest BCUT2D eigenvalue weighted by Gasteiger charge is 2.32. The minimum atomic E-state index is -0.729. The van der Waals surface area contributed by atoms with Gasteiger partial charge in [-0.05, 0) is 30.3 Å². The van der Waals surface area contributed by atoms with Crippen molar-refractivity contribution in [2.45, 2.75) is 24.8 Å². The molecule has 0 saturated heterocycles. The lowest BCUT2D eigenvalue weighted by Crippen LogP contribution is -2.29. The number of carbonyl (C=O) groups is 1. The number of aromatic nitrogens is 2. The number of H-pyrrole nitrogens is 1. The van der Waals surface area contributed by atoms with Gasteiger partial charge in [-0.3, -0.25) is 9.59 Å². The fourth-order valence-electron chi connectivity index (χ4n) is 2.75. The van der Waals surface area contributed by atoms with Crippen LogP contribution in [0.2, 0.25) is 0 Å². The first-order valence-electron chi connectivity index (χ1n) is 8.08. The average molecular weight is 368 g/mol. The summed E-state index contributed by atoms with van der Waals surface area (Å²) in [6.45, 7) is 3.62. The maximum atomic E-state index is 12.5. The number of thioether (sulfide) groups is 1. The molecule has 0 bridgehead atoms. The van der Waals surface area contributed by atoms with Crippen molar-refractivity contribution in [3.05, 3.63) is 58.4 Å². The predicted octanol–water partition coefficient (Wildman–Crippen LogP) is 3.41. The first kappa shape index (κ1) is 16.7. The summed E-state index contributed by atoms with van der Waals surface area (Å²) in [4.78, 5) is 31.7. The molecule has 3 aromatic rings. The second-order valence-electron chi connectivity index (χ2n) is 6.37. The minimum absolute atomic E-state index is 0.0816. The number of ketones is 1. The first-order valence-corrected chi connectivity index (χ1v) is 9.07. The molecule has 2 aromatic carbocycles. The number of hydrogen-bond donors (Lipinski definition) is 1. The highest BCUT2D eigenvalue weighted by molar-refractivity contribution is 7.99. The molecule has 0 fully saturated rings. The molecule has 2 heterocycles. The topological polar surface area (TPSA) is 81.3 Å². The molecule has 7 heteroatoms. The van der Waals surface area contributed by atoms with Gasteiger partial charge in [0.2, 0.25) is 5.79 Å². The van der Waals surface area contributed by atoms with E-state index in [1.54, 1.807) is 36.4 Å². The number of aromatic amines is 1. The Labute approximate surface area is 153 Å². The number of ether oxygens (including phenoxy) is 2. The molecule has 4 rings (SSSR count). The summed E-state index contributed by atoms with van der Waals surface area (Å²) < 4.78 is 11.3. The number of nitrogens with zero attached hydrogens (tertiary/aromatic N) is 1. The fourth-order valence-corrected chi connectivity index (χ4v) is 3.51. The third-order valence-electron chi connectivity index (χ3n) is 3.91. The Morgan fingerprint density at radius 1 is 1.15 bits per heavy atom. The number of nitrogens with one attached hydrogen (secondary N) is 1. The molecule has 0 atom stereocenters. The van der Waals surface area contributed by atoms with Gasteiger partial charge in [-0.15, -0.1) is 0 Å². The van der Waals surface area contributed by atoms with Crippen LogP contribution in [0.1, 0.15) is 24.2 Å². The smallest absolute Gasteiger partial charge is 0.259 e. The highest BCUT2D eigenvalue weighted by atomic mass is 32.2. The quantitative estimate of drug-likeness (QED) is 0.432. The second kappa shape index (κ2) is 6.17. The van der Waals surface area contributed by atoms with Crippen LogP contribution in [0.4, 0.5) is 0 Å². The van der Waals surface area contributed by atoms with Gasteiger partial charge in [0, 0.05) is 19.4 Å². The lowest BCUT2D eigenvalue weighted by atomic mass is 10.1. The standard InChI is InChI=1S/C19H16N2O4S/c1-19(2)24-15-8-7-11(9-16(15)25-19)14(22)10-26-18-20-13-6-4-3-5-12(13)17(23)21-18/h3-9H,10H2,1-2H3,(H,20,21,23). The number of hydrogen-bond acceptors (Lipinski definition) is 6. The maximum absolute atomic E-state index is 12.5. The molecule has 0 saturated carbocycles. The average Bonchev–Trinajstić information content (AvgIpc) is 2.92. The van der Waals surface area contributed by atoms with Gasteiger partial charge in [0.1, 0.15) is 0 Å². The van der Waals surface area contributed by atoms with Crippen LogP contribution < -0.4 is 15.0 Å². The number of rotatable bonds is 4. The number of carbonyl (C=O) groups excluding carboxylic acids is 1. The van der Waals surface area contributed by atoms with E-state index >= 15 is 0 Å². The second-order valence-corrected chi connectivity index (χ2v) is 7.33. The minimum Gasteiger partial charge on any atom is -0.449 e. The molecule has 1 aromatic heterocycles. The summed E-state index contributed by atoms with van der Waals surface area (Å²) in [6, 6.07) is 12.2. The van der Waals surface area contributed by atoms with Crippen molar-refractivity contribution < 1.29 is 14.3 Å². The number of fused-ring (bicyclic) bond motifs is 2. The van der Waals surface area contributed by atoms with Gasteiger partial charge in [0.05, 0.1) is 16.7 Å². The summed E-state index contributed by atoms with van der Waals surface area (Å²) in [5, 5.41) is 0.950. The molecular weight excluding hydrogens is 352 g/mol. The Bertz CT molecular complexity index is 1070. The molecule has 26 heavy (non-hydrogen) atoms. The molecule has 0 radical (unpaired) electrons. The zero-order valence-corrected chi connectivity index (χ0v) is 15.1. The van der Waals surface area contributed by atoms with E-state index < -0.39 is 5.79 Å². The molecule has 132 valence electrons. The molecule has 6 nitrogen and oxygen atoms in total. The number of para-hydroxylation sites is 1. The van der Waals surface area contributed by atoms with Crippen molar-refractivity contribution in [2.75, 3.05) is 5.75 Å². The highest BCUT2D eigenvalue weighted by Crippen LogP contribution is 2.39. The van der Waals surface area contributed by atoms with Gasteiger partial charge in [-0.25, -0.2) is 4.98 Å². The van der Waals surface area contributed by atoms with Crippen LogP contribution in [0.3, 0.4) is 0 Å². The Morgan fingerprint density at radius 2 is 1.92 bits per heavy atom. The van der Waals surface area contributed by atoms with Gasteiger partial charge in [0.15, 0.2) is 22.4 Å². The van der Waals surface area contributed by atoms with Crippen LogP contribution in [0.25, 0.3) is 10.9 Å². The first-order chi connectivity index (χ1) is 12.4. The number of Topliss-reactive ketones (excluding diaryl/α,β-unsaturated/α-hetero) is 1. The van der Waals surface area contributed by atoms with Crippen molar-refractivity contribution in [2.24, 2.45) is 0 Å². The van der Waals surface area contributed by atoms with Crippen molar-refractivity contribution in [3.63, 3.8) is 0 Å². The van der Waals surface area contributed by atoms with Crippen molar-refractivity contribution in [3.8, 4) is 11.5 Å². The summed E-state index contributed by atoms with van der Waals surface area (Å²) in [5.41, 5.74) is 0.924. The third kappa shape index (κ3) is 3.17. The van der Waals surface area contributed by atoms with Gasteiger partial charge >= 0.3 is 0 Å². The van der Waals surface area contributed by atoms with Crippen molar-refractivity contribution >= 4 is 28.4 Å². The largest absolute Gasteiger partial charge is 0.449 e. The Kier molecular flexibility index (Phi) is 3.96. The third-order valence-corrected chi connectivity index (χ3v) is 4.78. The molecule has 0 aliphatic carbocycles. The van der Waals surface area contributed by atoms with E-state index in [2.05, 4.69) is 9.97 Å². The molecule has 1 aliphatic heterocycles. The molecule has 1 aliphatic rings. The number of benzene rings is 2. The van der Waals surface area contributed by atoms with E-state index in [-0.39, 0.29) is 17.1 Å². The zero-order valence-electron chi connectivity index (χ0n) is 14.2. The van der Waals surface area contributed by atoms with Crippen LogP contribution in [0.15, 0.2) is 52.4 Å². The molecular formula is C19H16N2O4S. The van der Waals surface area contributed by atoms with E-state index in [1.165, 1.54) is 11.8 Å². The monoisotopic (exact) mass is 368 g/mol. The van der Waals surface area contributed by atoms with E-state index in [4.69, 9.17) is 9.47 Å². The summed E-state index contributed by atoms with van der Waals surface area (Å²) in [5.74, 6) is 0.530. The van der Waals surface area contributed by atoms with Gasteiger partial charge in [0.25, 0.3) is 5.56 Å². The van der Waals surface area contributed by atoms with Crippen LogP contribution >= 0.6 is 11.8 Å². The van der Waals surface area contributed by atoms with Crippen molar-refractivity contribution in [1.82, 2.24) is 9.97 Å². The SMILES string of the molecule is CC1(C)Oc2ccc(C(=O)CSc3nc4ccccc4c(=O)[nH]3)cc2O1. The molecule has 1 N–H and O–H groups in total. The molecule has 0 spiro atoms. The van der Waals surface area contributed by atoms with Crippen LogP contribution in [0, 0.1) is 0 Å². The molecule has 0 amide bonds. The Hall–Kier alpha value is -2.80. The van der Waals surface area contributed by atoms with E-state index in [0.29, 0.717) is 33.1 Å². The summed E-state index contributed by atoms with van der Waals surface area (Å²) >= 11 is 1.20. The van der Waals surface area contributed by atoms with Crippen LogP contribution in [-0.4, -0.2) is 27.3 Å². The predicted molar refractivity (Wildman–Crippen MR) is 99.2 cm³/mol. The van der Waals surface area contributed by atoms with Crippen LogP contribution in [-0.2, 0) is 0 Å². The Balaban J connectivity index is 1.51. The van der Waals surface area contributed by atoms with Crippen molar-refractivity contribution in [1.29, 1.82) is 0 Å². The summed E-state index contributed by atoms with van der Waals surface area (Å²) in [6.07, 6.45) is 0.